The maximum absolute atomic E-state index is 11.4. The van der Waals surface area contributed by atoms with Gasteiger partial charge < -0.3 is 9.47 Å². The lowest BCUT2D eigenvalue weighted by molar-refractivity contribution is -0.201. The monoisotopic (exact) mass is 228 g/mol. The molecule has 4 heteroatoms. The average molecular weight is 228 g/mol. The smallest absolute Gasteiger partial charge is 0.233 e. The first-order valence-corrected chi connectivity index (χ1v) is 5.45. The number of ether oxygens (including phenoxy) is 2. The van der Waals surface area contributed by atoms with Crippen LogP contribution in [0.15, 0.2) is 0 Å². The number of carbonyl (C=O) groups excluding carboxylic acids is 2. The Morgan fingerprint density at radius 2 is 1.00 bits per heavy atom. The Labute approximate surface area is 96.3 Å². The van der Waals surface area contributed by atoms with Crippen LogP contribution in [-0.4, -0.2) is 35.0 Å². The summed E-state index contributed by atoms with van der Waals surface area (Å²) in [4.78, 5) is 22.8. The highest BCUT2D eigenvalue weighted by molar-refractivity contribution is 6.48. The van der Waals surface area contributed by atoms with E-state index in [1.165, 1.54) is 0 Å². The van der Waals surface area contributed by atoms with Crippen LogP contribution in [0.2, 0.25) is 0 Å². The molecule has 0 aromatic carbocycles. The van der Waals surface area contributed by atoms with Gasteiger partial charge in [-0.15, -0.1) is 0 Å². The van der Waals surface area contributed by atoms with Gasteiger partial charge in [-0.3, -0.25) is 9.59 Å². The first-order chi connectivity index (χ1) is 7.01. The summed E-state index contributed by atoms with van der Waals surface area (Å²) < 4.78 is 11.0. The van der Waals surface area contributed by atoms with Crippen LogP contribution in [0.4, 0.5) is 0 Å². The minimum Gasteiger partial charge on any atom is -0.361 e. The third-order valence-electron chi connectivity index (χ3n) is 2.00. The van der Waals surface area contributed by atoms with E-state index in [4.69, 9.17) is 9.47 Å². The first kappa shape index (κ1) is 13.3. The molecule has 16 heavy (non-hydrogen) atoms. The quantitative estimate of drug-likeness (QED) is 0.672. The summed E-state index contributed by atoms with van der Waals surface area (Å²) >= 11 is 0. The van der Waals surface area contributed by atoms with Gasteiger partial charge in [0.05, 0.1) is 11.2 Å². The van der Waals surface area contributed by atoms with Gasteiger partial charge in [-0.2, -0.15) is 0 Å². The van der Waals surface area contributed by atoms with E-state index >= 15 is 0 Å². The Kier molecular flexibility index (Phi) is 3.27. The summed E-state index contributed by atoms with van der Waals surface area (Å²) in [6.07, 6.45) is -1.49. The molecular formula is C12H20O4. The maximum atomic E-state index is 11.4. The highest BCUT2D eigenvalue weighted by Crippen LogP contribution is 2.27. The number of hydrogen-bond donors (Lipinski definition) is 0. The number of rotatable bonds is 2. The SMILES string of the molecule is CC(C)(C)OC1C(=O)C(=O)C1OC(C)(C)C. The van der Waals surface area contributed by atoms with E-state index in [9.17, 15) is 9.59 Å². The van der Waals surface area contributed by atoms with E-state index in [1.54, 1.807) is 0 Å². The molecule has 0 aromatic rings. The lowest BCUT2D eigenvalue weighted by Gasteiger charge is -2.40. The predicted octanol–water partition coefficient (Wildman–Crippen LogP) is 1.51. The van der Waals surface area contributed by atoms with Gasteiger partial charge in [-0.25, -0.2) is 0 Å². The van der Waals surface area contributed by atoms with Crippen molar-refractivity contribution in [1.82, 2.24) is 0 Å². The number of ketones is 2. The van der Waals surface area contributed by atoms with Gasteiger partial charge in [-0.05, 0) is 41.5 Å². The van der Waals surface area contributed by atoms with Crippen molar-refractivity contribution < 1.29 is 19.1 Å². The van der Waals surface area contributed by atoms with Crippen LogP contribution in [0.3, 0.4) is 0 Å². The minimum atomic E-state index is -0.744. The summed E-state index contributed by atoms with van der Waals surface area (Å²) in [6.45, 7) is 11.1. The summed E-state index contributed by atoms with van der Waals surface area (Å²) in [6, 6.07) is 0. The molecule has 2 unspecified atom stereocenters. The van der Waals surface area contributed by atoms with Crippen molar-refractivity contribution in [2.75, 3.05) is 0 Å². The van der Waals surface area contributed by atoms with Gasteiger partial charge in [0.2, 0.25) is 11.6 Å². The normalized spacial score (nSPS) is 26.9. The molecule has 1 fully saturated rings. The molecule has 0 saturated heterocycles. The van der Waals surface area contributed by atoms with E-state index in [0.29, 0.717) is 0 Å². The molecule has 1 aliphatic carbocycles. The highest BCUT2D eigenvalue weighted by Gasteiger charge is 2.53. The lowest BCUT2D eigenvalue weighted by atomic mass is 9.87. The van der Waals surface area contributed by atoms with Gasteiger partial charge in [0.1, 0.15) is 0 Å². The average Bonchev–Trinajstić information content (AvgIpc) is 2.07. The Hall–Kier alpha value is -0.740. The molecule has 0 aliphatic heterocycles. The van der Waals surface area contributed by atoms with Crippen LogP contribution in [-0.2, 0) is 19.1 Å². The van der Waals surface area contributed by atoms with Crippen LogP contribution in [0.1, 0.15) is 41.5 Å². The summed E-state index contributed by atoms with van der Waals surface area (Å²) in [7, 11) is 0. The lowest BCUT2D eigenvalue weighted by Crippen LogP contribution is -2.63. The maximum Gasteiger partial charge on any atom is 0.233 e. The second kappa shape index (κ2) is 3.93. The van der Waals surface area contributed by atoms with Gasteiger partial charge in [0.15, 0.2) is 12.2 Å². The van der Waals surface area contributed by atoms with E-state index in [0.717, 1.165) is 0 Å². The standard InChI is InChI=1S/C12H20O4/c1-11(2,3)15-9-7(13)8(14)10(9)16-12(4,5)6/h9-10H,1-6H3. The van der Waals surface area contributed by atoms with E-state index in [-0.39, 0.29) is 0 Å². The highest BCUT2D eigenvalue weighted by atomic mass is 16.6. The molecule has 0 N–H and O–H groups in total. The molecule has 0 amide bonds. The number of Topliss-reactive ketones (excluding diaryl/α,β-unsaturated/α-hetero) is 2. The van der Waals surface area contributed by atoms with Gasteiger partial charge >= 0.3 is 0 Å². The van der Waals surface area contributed by atoms with Gasteiger partial charge in [-0.1, -0.05) is 0 Å². The second-order valence-electron chi connectivity index (χ2n) is 6.03. The molecule has 92 valence electrons. The zero-order valence-corrected chi connectivity index (χ0v) is 10.8. The molecular weight excluding hydrogens is 208 g/mol. The molecule has 0 aromatic heterocycles. The van der Waals surface area contributed by atoms with Crippen molar-refractivity contribution >= 4 is 11.6 Å². The number of carbonyl (C=O) groups is 2. The topological polar surface area (TPSA) is 52.6 Å². The van der Waals surface area contributed by atoms with E-state index < -0.39 is 35.0 Å². The van der Waals surface area contributed by atoms with Crippen molar-refractivity contribution in [1.29, 1.82) is 0 Å². The summed E-state index contributed by atoms with van der Waals surface area (Å²) in [5.41, 5.74) is -0.916. The molecule has 0 radical (unpaired) electrons. The fourth-order valence-corrected chi connectivity index (χ4v) is 1.45. The molecule has 0 bridgehead atoms. The summed E-state index contributed by atoms with van der Waals surface area (Å²) in [5, 5.41) is 0. The van der Waals surface area contributed by atoms with Crippen molar-refractivity contribution in [3.63, 3.8) is 0 Å². The molecule has 2 atom stereocenters. The Bertz CT molecular complexity index is 274. The van der Waals surface area contributed by atoms with Crippen molar-refractivity contribution in [2.24, 2.45) is 0 Å². The fourth-order valence-electron chi connectivity index (χ4n) is 1.45. The van der Waals surface area contributed by atoms with Crippen LogP contribution < -0.4 is 0 Å². The molecule has 4 nitrogen and oxygen atoms in total. The second-order valence-corrected chi connectivity index (χ2v) is 6.03. The van der Waals surface area contributed by atoms with Gasteiger partial charge in [0.25, 0.3) is 0 Å². The van der Waals surface area contributed by atoms with Crippen LogP contribution in [0.5, 0.6) is 0 Å². The number of hydrogen-bond acceptors (Lipinski definition) is 4. The molecule has 1 rings (SSSR count). The van der Waals surface area contributed by atoms with Gasteiger partial charge in [0, 0.05) is 0 Å². The zero-order chi connectivity index (χ0) is 12.7. The largest absolute Gasteiger partial charge is 0.361 e. The fraction of sp³-hybridized carbons (Fsp3) is 0.833. The molecule has 1 saturated carbocycles. The van der Waals surface area contributed by atoms with Crippen molar-refractivity contribution in [3.8, 4) is 0 Å². The molecule has 1 aliphatic rings. The Balaban J connectivity index is 2.69. The first-order valence-electron chi connectivity index (χ1n) is 5.45. The Morgan fingerprint density at radius 1 is 0.750 bits per heavy atom. The molecule has 0 heterocycles. The third-order valence-corrected chi connectivity index (χ3v) is 2.00. The zero-order valence-electron chi connectivity index (χ0n) is 10.8. The predicted molar refractivity (Wildman–Crippen MR) is 59.3 cm³/mol. The van der Waals surface area contributed by atoms with Crippen molar-refractivity contribution in [3.05, 3.63) is 0 Å². The molecule has 0 spiro atoms. The Morgan fingerprint density at radius 3 is 1.19 bits per heavy atom. The third kappa shape index (κ3) is 3.12. The van der Waals surface area contributed by atoms with Crippen molar-refractivity contribution in [2.45, 2.75) is 65.0 Å². The van der Waals surface area contributed by atoms with Crippen LogP contribution >= 0.6 is 0 Å². The van der Waals surface area contributed by atoms with Crippen LogP contribution in [0.25, 0.3) is 0 Å². The van der Waals surface area contributed by atoms with E-state index in [1.807, 2.05) is 41.5 Å². The van der Waals surface area contributed by atoms with Crippen LogP contribution in [0, 0.1) is 0 Å². The summed E-state index contributed by atoms with van der Waals surface area (Å²) in [5.74, 6) is -0.964. The minimum absolute atomic E-state index is 0.458. The van der Waals surface area contributed by atoms with E-state index in [2.05, 4.69) is 0 Å².